The van der Waals surface area contributed by atoms with Gasteiger partial charge in [-0.3, -0.25) is 14.8 Å². The number of carbonyl (C=O) groups excluding carboxylic acids is 1. The molecule has 1 aliphatic rings. The smallest absolute Gasteiger partial charge is 0.221 e. The maximum atomic E-state index is 12.0. The number of aryl methyl sites for hydroxylation is 1. The number of rotatable bonds is 3. The maximum Gasteiger partial charge on any atom is 0.221 e. The topological polar surface area (TPSA) is 54.9 Å². The molecule has 1 aromatic heterocycles. The number of carbonyl (C=O) groups is 1. The van der Waals surface area contributed by atoms with E-state index in [1.165, 1.54) is 5.56 Å². The Labute approximate surface area is 124 Å². The van der Waals surface area contributed by atoms with Gasteiger partial charge in [-0.25, -0.2) is 0 Å². The number of hydrogen-bond acceptors (Lipinski definition) is 3. The highest BCUT2D eigenvalue weighted by molar-refractivity contribution is 5.81. The van der Waals surface area contributed by atoms with E-state index in [0.717, 1.165) is 17.8 Å². The van der Waals surface area contributed by atoms with Crippen molar-refractivity contribution < 1.29 is 4.79 Å². The Balaban J connectivity index is 1.95. The van der Waals surface area contributed by atoms with Crippen LogP contribution in [-0.2, 0) is 16.6 Å². The SMILES string of the molecule is Cc1nccnc1C1(C)CC(=O)NC1Cc1ccccc1. The third kappa shape index (κ3) is 2.53. The summed E-state index contributed by atoms with van der Waals surface area (Å²) in [7, 11) is 0. The largest absolute Gasteiger partial charge is 0.352 e. The molecule has 3 rings (SSSR count). The molecule has 2 atom stereocenters. The van der Waals surface area contributed by atoms with Crippen LogP contribution < -0.4 is 5.32 Å². The van der Waals surface area contributed by atoms with Gasteiger partial charge in [0, 0.05) is 30.3 Å². The molecule has 2 unspecified atom stereocenters. The van der Waals surface area contributed by atoms with Crippen molar-refractivity contribution in [1.29, 1.82) is 0 Å². The molecule has 1 aliphatic heterocycles. The predicted molar refractivity (Wildman–Crippen MR) is 80.8 cm³/mol. The van der Waals surface area contributed by atoms with Crippen molar-refractivity contribution in [1.82, 2.24) is 15.3 Å². The van der Waals surface area contributed by atoms with Gasteiger partial charge in [-0.1, -0.05) is 37.3 Å². The minimum atomic E-state index is -0.314. The molecule has 0 saturated carbocycles. The summed E-state index contributed by atoms with van der Waals surface area (Å²) < 4.78 is 0. The lowest BCUT2D eigenvalue weighted by atomic mass is 9.76. The Hall–Kier alpha value is -2.23. The van der Waals surface area contributed by atoms with Crippen molar-refractivity contribution in [2.45, 2.75) is 38.1 Å². The summed E-state index contributed by atoms with van der Waals surface area (Å²) in [5.74, 6) is 0.0866. The number of aromatic nitrogens is 2. The lowest BCUT2D eigenvalue weighted by Gasteiger charge is -2.30. The number of benzene rings is 1. The van der Waals surface area contributed by atoms with Crippen LogP contribution in [0.5, 0.6) is 0 Å². The van der Waals surface area contributed by atoms with Crippen molar-refractivity contribution in [3.63, 3.8) is 0 Å². The highest BCUT2D eigenvalue weighted by Gasteiger charge is 2.46. The van der Waals surface area contributed by atoms with E-state index in [9.17, 15) is 4.79 Å². The molecular weight excluding hydrogens is 262 g/mol. The van der Waals surface area contributed by atoms with Crippen LogP contribution in [0.2, 0.25) is 0 Å². The molecule has 0 radical (unpaired) electrons. The third-order valence-electron chi connectivity index (χ3n) is 4.34. The zero-order chi connectivity index (χ0) is 14.9. The van der Waals surface area contributed by atoms with Crippen molar-refractivity contribution in [3.05, 3.63) is 59.7 Å². The summed E-state index contributed by atoms with van der Waals surface area (Å²) in [6.07, 6.45) is 4.66. The van der Waals surface area contributed by atoms with E-state index >= 15 is 0 Å². The number of amides is 1. The third-order valence-corrected chi connectivity index (χ3v) is 4.34. The minimum Gasteiger partial charge on any atom is -0.352 e. The van der Waals surface area contributed by atoms with Gasteiger partial charge < -0.3 is 5.32 Å². The van der Waals surface area contributed by atoms with Crippen LogP contribution in [0.4, 0.5) is 0 Å². The van der Waals surface area contributed by atoms with Gasteiger partial charge in [-0.05, 0) is 18.9 Å². The van der Waals surface area contributed by atoms with E-state index in [1.54, 1.807) is 12.4 Å². The van der Waals surface area contributed by atoms with Crippen LogP contribution in [0.1, 0.15) is 30.3 Å². The maximum absolute atomic E-state index is 12.0. The average molecular weight is 281 g/mol. The van der Waals surface area contributed by atoms with E-state index in [4.69, 9.17) is 0 Å². The first-order valence-corrected chi connectivity index (χ1v) is 7.21. The molecule has 4 heteroatoms. The van der Waals surface area contributed by atoms with Crippen LogP contribution >= 0.6 is 0 Å². The zero-order valence-electron chi connectivity index (χ0n) is 12.3. The molecule has 21 heavy (non-hydrogen) atoms. The Morgan fingerprint density at radius 1 is 1.24 bits per heavy atom. The van der Waals surface area contributed by atoms with Gasteiger partial charge in [0.2, 0.25) is 5.91 Å². The molecule has 108 valence electrons. The average Bonchev–Trinajstić information content (AvgIpc) is 2.75. The Morgan fingerprint density at radius 3 is 2.67 bits per heavy atom. The summed E-state index contributed by atoms with van der Waals surface area (Å²) >= 11 is 0. The van der Waals surface area contributed by atoms with Crippen molar-refractivity contribution in [3.8, 4) is 0 Å². The number of nitrogens with one attached hydrogen (secondary N) is 1. The summed E-state index contributed by atoms with van der Waals surface area (Å²) in [5.41, 5.74) is 2.72. The summed E-state index contributed by atoms with van der Waals surface area (Å²) in [6.45, 7) is 4.06. The van der Waals surface area contributed by atoms with Gasteiger partial charge in [0.05, 0.1) is 11.4 Å². The minimum absolute atomic E-state index is 0.0443. The van der Waals surface area contributed by atoms with E-state index in [2.05, 4.69) is 34.3 Å². The summed E-state index contributed by atoms with van der Waals surface area (Å²) in [6, 6.07) is 10.3. The fourth-order valence-corrected chi connectivity index (χ4v) is 3.20. The van der Waals surface area contributed by atoms with Crippen molar-refractivity contribution in [2.75, 3.05) is 0 Å². The number of hydrogen-bond donors (Lipinski definition) is 1. The summed E-state index contributed by atoms with van der Waals surface area (Å²) in [5, 5.41) is 3.11. The van der Waals surface area contributed by atoms with E-state index in [-0.39, 0.29) is 17.4 Å². The number of nitrogens with zero attached hydrogens (tertiary/aromatic N) is 2. The van der Waals surface area contributed by atoms with Gasteiger partial charge >= 0.3 is 0 Å². The quantitative estimate of drug-likeness (QED) is 0.938. The second-order valence-corrected chi connectivity index (χ2v) is 5.89. The Bertz CT molecular complexity index is 656. The molecule has 0 spiro atoms. The van der Waals surface area contributed by atoms with E-state index in [0.29, 0.717) is 6.42 Å². The zero-order valence-corrected chi connectivity index (χ0v) is 12.3. The molecule has 0 aliphatic carbocycles. The second kappa shape index (κ2) is 5.28. The molecule has 1 amide bonds. The predicted octanol–water partition coefficient (Wildman–Crippen LogP) is 2.17. The molecule has 2 aromatic rings. The molecule has 1 aromatic carbocycles. The first-order valence-electron chi connectivity index (χ1n) is 7.21. The van der Waals surface area contributed by atoms with Crippen molar-refractivity contribution >= 4 is 5.91 Å². The molecule has 2 heterocycles. The van der Waals surface area contributed by atoms with Crippen LogP contribution in [0.3, 0.4) is 0 Å². The lowest BCUT2D eigenvalue weighted by molar-refractivity contribution is -0.119. The normalized spacial score (nSPS) is 24.9. The molecule has 1 saturated heterocycles. The van der Waals surface area contributed by atoms with Gasteiger partial charge in [0.15, 0.2) is 0 Å². The summed E-state index contributed by atoms with van der Waals surface area (Å²) in [4.78, 5) is 20.8. The highest BCUT2D eigenvalue weighted by atomic mass is 16.2. The first kappa shape index (κ1) is 13.7. The standard InChI is InChI=1S/C17H19N3O/c1-12-16(19-9-8-18-12)17(2)11-15(21)20-14(17)10-13-6-4-3-5-7-13/h3-9,14H,10-11H2,1-2H3,(H,20,21). The van der Waals surface area contributed by atoms with Crippen LogP contribution in [-0.4, -0.2) is 21.9 Å². The first-order chi connectivity index (χ1) is 10.1. The highest BCUT2D eigenvalue weighted by Crippen LogP contribution is 2.37. The van der Waals surface area contributed by atoms with Gasteiger partial charge in [0.1, 0.15) is 0 Å². The molecule has 0 bridgehead atoms. The van der Waals surface area contributed by atoms with Gasteiger partial charge in [-0.15, -0.1) is 0 Å². The lowest BCUT2D eigenvalue weighted by Crippen LogP contribution is -2.41. The van der Waals surface area contributed by atoms with Crippen molar-refractivity contribution in [2.24, 2.45) is 0 Å². The fraction of sp³-hybridized carbons (Fsp3) is 0.353. The van der Waals surface area contributed by atoms with Gasteiger partial charge in [-0.2, -0.15) is 0 Å². The molecular formula is C17H19N3O. The molecule has 4 nitrogen and oxygen atoms in total. The van der Waals surface area contributed by atoms with Crippen LogP contribution in [0.15, 0.2) is 42.7 Å². The Kier molecular flexibility index (Phi) is 3.45. The van der Waals surface area contributed by atoms with E-state index < -0.39 is 0 Å². The fourth-order valence-electron chi connectivity index (χ4n) is 3.20. The monoisotopic (exact) mass is 281 g/mol. The second-order valence-electron chi connectivity index (χ2n) is 5.89. The molecule has 1 fully saturated rings. The van der Waals surface area contributed by atoms with Crippen LogP contribution in [0.25, 0.3) is 0 Å². The Morgan fingerprint density at radius 2 is 1.95 bits per heavy atom. The van der Waals surface area contributed by atoms with E-state index in [1.807, 2.05) is 25.1 Å². The molecule has 1 N–H and O–H groups in total. The van der Waals surface area contributed by atoms with Gasteiger partial charge in [0.25, 0.3) is 0 Å². The van der Waals surface area contributed by atoms with Crippen LogP contribution in [0, 0.1) is 6.92 Å².